The molecule has 126 valence electrons. The van der Waals surface area contributed by atoms with Crippen LogP contribution in [-0.4, -0.2) is 30.2 Å². The van der Waals surface area contributed by atoms with Crippen molar-refractivity contribution in [3.63, 3.8) is 0 Å². The molecule has 1 aromatic carbocycles. The summed E-state index contributed by atoms with van der Waals surface area (Å²) < 4.78 is 10.1. The highest BCUT2D eigenvalue weighted by molar-refractivity contribution is 5.74. The highest BCUT2D eigenvalue weighted by Gasteiger charge is 2.14. The van der Waals surface area contributed by atoms with Gasteiger partial charge in [-0.15, -0.1) is 0 Å². The highest BCUT2D eigenvalue weighted by Crippen LogP contribution is 2.19. The van der Waals surface area contributed by atoms with Crippen LogP contribution in [0.2, 0.25) is 0 Å². The van der Waals surface area contributed by atoms with Crippen LogP contribution in [0.1, 0.15) is 13.8 Å². The largest absolute Gasteiger partial charge is 0.554 e. The van der Waals surface area contributed by atoms with Crippen LogP contribution < -0.4 is 25.5 Å². The molecule has 0 aliphatic heterocycles. The fourth-order valence-corrected chi connectivity index (χ4v) is 2.22. The Morgan fingerprint density at radius 1 is 1.52 bits per heavy atom. The van der Waals surface area contributed by atoms with Gasteiger partial charge in [0.1, 0.15) is 12.4 Å². The summed E-state index contributed by atoms with van der Waals surface area (Å²) >= 11 is 0. The van der Waals surface area contributed by atoms with E-state index in [1.807, 2.05) is 6.07 Å². The van der Waals surface area contributed by atoms with Crippen molar-refractivity contribution in [3.05, 3.63) is 24.5 Å². The molecule has 23 heavy (non-hydrogen) atoms. The van der Waals surface area contributed by atoms with Crippen molar-refractivity contribution in [2.45, 2.75) is 26.9 Å². The maximum absolute atomic E-state index is 8.25. The quantitative estimate of drug-likeness (QED) is 0.211. The second-order valence-corrected chi connectivity index (χ2v) is 4.62. The Morgan fingerprint density at radius 2 is 2.22 bits per heavy atom. The van der Waals surface area contributed by atoms with E-state index in [2.05, 4.69) is 46.8 Å². The molecule has 0 atom stereocenters. The second kappa shape index (κ2) is 9.29. The first kappa shape index (κ1) is 18.3. The maximum atomic E-state index is 8.25. The van der Waals surface area contributed by atoms with Gasteiger partial charge in [-0.3, -0.25) is 5.41 Å². The lowest BCUT2D eigenvalue weighted by Crippen LogP contribution is -2.33. The van der Waals surface area contributed by atoms with Crippen LogP contribution in [0.5, 0.6) is 5.75 Å². The summed E-state index contributed by atoms with van der Waals surface area (Å²) in [5, 5.41) is 18.0. The fourth-order valence-electron chi connectivity index (χ4n) is 2.22. The minimum Gasteiger partial charge on any atom is -0.554 e. The van der Waals surface area contributed by atoms with E-state index in [0.717, 1.165) is 18.8 Å². The monoisotopic (exact) mass is 321 g/mol. The number of nitrogens with two attached hydrogens (primary N) is 1. The molecule has 2 aromatic rings. The van der Waals surface area contributed by atoms with E-state index in [1.54, 1.807) is 0 Å². The Bertz CT molecular complexity index is 654. The Morgan fingerprint density at radius 3 is 2.78 bits per heavy atom. The fraction of sp³-hybridized carbons (Fsp3) is 0.400. The van der Waals surface area contributed by atoms with Crippen LogP contribution in [0.4, 0.5) is 0 Å². The number of carbonyl (C=O) groups excluding carboxylic acids is 1. The summed E-state index contributed by atoms with van der Waals surface area (Å²) in [6.45, 7) is 6.65. The zero-order valence-corrected chi connectivity index (χ0v) is 13.4. The molecule has 0 bridgehead atoms. The first-order chi connectivity index (χ1) is 11.1. The van der Waals surface area contributed by atoms with E-state index in [9.17, 15) is 0 Å². The molecule has 4 N–H and O–H groups in total. The van der Waals surface area contributed by atoms with Gasteiger partial charge in [-0.2, -0.15) is 0 Å². The minimum atomic E-state index is -0.500. The van der Waals surface area contributed by atoms with Crippen LogP contribution in [0.3, 0.4) is 0 Å². The number of nitrogens with one attached hydrogen (secondary N) is 2. The Labute approximate surface area is 135 Å². The van der Waals surface area contributed by atoms with Gasteiger partial charge >= 0.3 is 0 Å². The van der Waals surface area contributed by atoms with Crippen molar-refractivity contribution in [2.24, 2.45) is 5.73 Å². The number of hydrogen-bond acceptors (Lipinski definition) is 4. The third-order valence-corrected chi connectivity index (χ3v) is 3.21. The first-order valence-electron chi connectivity index (χ1n) is 7.35. The molecule has 8 heteroatoms. The average molecular weight is 321 g/mol. The van der Waals surface area contributed by atoms with E-state index in [4.69, 9.17) is 25.8 Å². The molecule has 0 unspecified atom stereocenters. The Kier molecular flexibility index (Phi) is 7.38. The lowest BCUT2D eigenvalue weighted by atomic mass is 10.3. The molecule has 8 nitrogen and oxygen atoms in total. The molecule has 0 aliphatic carbocycles. The molecule has 0 amide bonds. The van der Waals surface area contributed by atoms with Gasteiger partial charge in [0.2, 0.25) is 6.33 Å². The number of nitrogens with zero attached hydrogens (tertiary/aromatic N) is 2. The lowest BCUT2D eigenvalue weighted by molar-refractivity contribution is -0.668. The number of imidazole rings is 1. The number of fused-ring (bicyclic) bond motifs is 1. The van der Waals surface area contributed by atoms with Gasteiger partial charge in [-0.25, -0.2) is 9.13 Å². The van der Waals surface area contributed by atoms with E-state index in [0.29, 0.717) is 13.2 Å². The second-order valence-electron chi connectivity index (χ2n) is 4.62. The van der Waals surface area contributed by atoms with Crippen molar-refractivity contribution in [2.75, 3.05) is 13.2 Å². The van der Waals surface area contributed by atoms with E-state index >= 15 is 0 Å². The zero-order valence-electron chi connectivity index (χ0n) is 13.4. The molecule has 0 fully saturated rings. The number of rotatable bonds is 6. The van der Waals surface area contributed by atoms with Gasteiger partial charge in [0.25, 0.3) is 0 Å². The number of carboxylic acid groups (broad SMARTS) is 1. The molecule has 0 saturated carbocycles. The van der Waals surface area contributed by atoms with Crippen LogP contribution in [0.15, 0.2) is 24.5 Å². The van der Waals surface area contributed by atoms with Crippen molar-refractivity contribution in [3.8, 4) is 5.75 Å². The van der Waals surface area contributed by atoms with Crippen molar-refractivity contribution in [1.29, 1.82) is 5.41 Å². The van der Waals surface area contributed by atoms with Crippen LogP contribution in [0.25, 0.3) is 11.0 Å². The Balaban J connectivity index is 0.000000816. The number of carbonyl (C=O) groups is 1. The van der Waals surface area contributed by atoms with Crippen molar-refractivity contribution < 1.29 is 19.2 Å². The summed E-state index contributed by atoms with van der Waals surface area (Å²) in [5.41, 5.74) is 7.60. The number of aryl methyl sites for hydroxylation is 2. The molecule has 0 radical (unpaired) electrons. The van der Waals surface area contributed by atoms with E-state index in [-0.39, 0.29) is 5.96 Å². The molecule has 0 saturated heterocycles. The number of ether oxygens (including phenoxy) is 1. The predicted molar refractivity (Wildman–Crippen MR) is 85.0 cm³/mol. The maximum Gasteiger partial charge on any atom is 0.244 e. The first-order valence-corrected chi connectivity index (χ1v) is 7.35. The van der Waals surface area contributed by atoms with Crippen LogP contribution in [-0.2, 0) is 17.9 Å². The van der Waals surface area contributed by atoms with E-state index in [1.165, 1.54) is 11.0 Å². The topological polar surface area (TPSA) is 120 Å². The van der Waals surface area contributed by atoms with Gasteiger partial charge in [-0.1, -0.05) is 0 Å². The highest BCUT2D eigenvalue weighted by atomic mass is 16.5. The molecule has 0 spiro atoms. The lowest BCUT2D eigenvalue weighted by Gasteiger charge is -2.06. The standard InChI is InChI=1S/C14H22N5O.CH2O2/c1-3-18-10-19(4-2)13-9-11(5-6-12(13)18)20-8-7-17-14(15)16;2-1-3/h5-6,9-10H,3-4,7-8H2,1-2H3,(H4,15,16,17);1H,(H,2,3)/q+1;/p-1. The number of guanidine groups is 1. The molecular weight excluding hydrogens is 298 g/mol. The SMILES string of the molecule is CCn1c[n+](CC)c2ccc(OCCNC(=N)N)cc21.O=C[O-]. The molecule has 1 heterocycles. The third kappa shape index (κ3) is 5.17. The van der Waals surface area contributed by atoms with Gasteiger partial charge in [0.05, 0.1) is 19.6 Å². The van der Waals surface area contributed by atoms with Crippen LogP contribution >= 0.6 is 0 Å². The summed E-state index contributed by atoms with van der Waals surface area (Å²) in [4.78, 5) is 8.25. The molecule has 2 rings (SSSR count). The number of benzene rings is 1. The van der Waals surface area contributed by atoms with Gasteiger partial charge < -0.3 is 25.7 Å². The summed E-state index contributed by atoms with van der Waals surface area (Å²) in [6.07, 6.45) is 2.13. The average Bonchev–Trinajstić information content (AvgIpc) is 2.89. The summed E-state index contributed by atoms with van der Waals surface area (Å²) in [6, 6.07) is 6.11. The molecule has 0 aliphatic rings. The summed E-state index contributed by atoms with van der Waals surface area (Å²) in [7, 11) is 0. The van der Waals surface area contributed by atoms with Crippen molar-refractivity contribution >= 4 is 23.5 Å². The normalized spacial score (nSPS) is 9.83. The van der Waals surface area contributed by atoms with Crippen molar-refractivity contribution in [1.82, 2.24) is 9.88 Å². The zero-order chi connectivity index (χ0) is 17.2. The van der Waals surface area contributed by atoms with E-state index < -0.39 is 6.47 Å². The third-order valence-electron chi connectivity index (χ3n) is 3.21. The van der Waals surface area contributed by atoms with Gasteiger partial charge in [0, 0.05) is 12.5 Å². The van der Waals surface area contributed by atoms with Gasteiger partial charge in [-0.05, 0) is 26.0 Å². The predicted octanol–water partition coefficient (Wildman–Crippen LogP) is -0.803. The number of hydrogen-bond donors (Lipinski definition) is 3. The number of aromatic nitrogens is 2. The Hall–Kier alpha value is -2.77. The summed E-state index contributed by atoms with van der Waals surface area (Å²) in [5.74, 6) is 0.798. The molecule has 1 aromatic heterocycles. The van der Waals surface area contributed by atoms with Gasteiger partial charge in [0.15, 0.2) is 17.0 Å². The minimum absolute atomic E-state index is 0.0344. The van der Waals surface area contributed by atoms with Crippen LogP contribution in [0, 0.1) is 5.41 Å². The smallest absolute Gasteiger partial charge is 0.244 e. The molecular formula is C15H23N5O3.